The SMILES string of the molecule is CC[C@H]1OC(=O)[C@H](C)C(=O)[C@H](C)[C@@H](C)[C@](C)(OC)C[C@@H](C)C2=NCCN3C(=O)O[C@@]1(C)[C@@]3(O)[C@H]2C. The van der Waals surface area contributed by atoms with Crippen LogP contribution in [0.15, 0.2) is 4.99 Å². The van der Waals surface area contributed by atoms with E-state index in [1.165, 1.54) is 4.90 Å². The Morgan fingerprint density at radius 2 is 1.77 bits per heavy atom. The Kier molecular flexibility index (Phi) is 7.46. The van der Waals surface area contributed by atoms with Crippen molar-refractivity contribution in [3.8, 4) is 0 Å². The molecule has 2 saturated heterocycles. The Balaban J connectivity index is 2.21. The van der Waals surface area contributed by atoms with Crippen LogP contribution in [0.25, 0.3) is 0 Å². The van der Waals surface area contributed by atoms with Gasteiger partial charge < -0.3 is 19.3 Å². The number of aliphatic imine (C=N–C) groups is 1. The molecule has 0 saturated carbocycles. The molecule has 3 heterocycles. The third-order valence-electron chi connectivity index (χ3n) is 9.20. The van der Waals surface area contributed by atoms with Crippen LogP contribution < -0.4 is 0 Å². The largest absolute Gasteiger partial charge is 0.457 e. The van der Waals surface area contributed by atoms with Gasteiger partial charge in [0.25, 0.3) is 0 Å². The number of carbonyl (C=O) groups excluding carboxylic acids is 3. The quantitative estimate of drug-likeness (QED) is 0.463. The molecule has 9 atom stereocenters. The molecule has 1 amide bonds. The van der Waals surface area contributed by atoms with Gasteiger partial charge in [0.2, 0.25) is 0 Å². The minimum atomic E-state index is -1.80. The number of fused-ring (bicyclic) bond motifs is 1. The fourth-order valence-electron chi connectivity index (χ4n) is 6.43. The van der Waals surface area contributed by atoms with E-state index in [1.807, 2.05) is 34.6 Å². The Morgan fingerprint density at radius 3 is 2.34 bits per heavy atom. The average Bonchev–Trinajstić information content (AvgIpc) is 2.92. The number of ether oxygens (including phenoxy) is 3. The maximum absolute atomic E-state index is 13.4. The van der Waals surface area contributed by atoms with E-state index in [9.17, 15) is 19.5 Å². The second-order valence-electron chi connectivity index (χ2n) is 11.0. The number of aliphatic hydroxyl groups is 1. The van der Waals surface area contributed by atoms with Crippen LogP contribution in [0.3, 0.4) is 0 Å². The number of ketones is 1. The molecule has 3 aliphatic rings. The van der Waals surface area contributed by atoms with Crippen molar-refractivity contribution in [1.29, 1.82) is 0 Å². The van der Waals surface area contributed by atoms with E-state index < -0.39 is 52.8 Å². The number of nitrogens with zero attached hydrogens (tertiary/aromatic N) is 2. The van der Waals surface area contributed by atoms with Crippen LogP contribution in [-0.2, 0) is 23.8 Å². The second kappa shape index (κ2) is 9.47. The molecule has 0 aromatic carbocycles. The zero-order valence-corrected chi connectivity index (χ0v) is 22.6. The Morgan fingerprint density at radius 1 is 1.14 bits per heavy atom. The van der Waals surface area contributed by atoms with Crippen molar-refractivity contribution in [3.05, 3.63) is 0 Å². The van der Waals surface area contributed by atoms with E-state index in [0.29, 0.717) is 13.0 Å². The summed E-state index contributed by atoms with van der Waals surface area (Å²) in [6, 6.07) is 0. The van der Waals surface area contributed by atoms with Crippen molar-refractivity contribution in [1.82, 2.24) is 4.90 Å². The number of hydrogen-bond donors (Lipinski definition) is 1. The first-order valence-electron chi connectivity index (χ1n) is 12.8. The summed E-state index contributed by atoms with van der Waals surface area (Å²) in [4.78, 5) is 45.7. The van der Waals surface area contributed by atoms with Gasteiger partial charge >= 0.3 is 12.1 Å². The Labute approximate surface area is 208 Å². The summed E-state index contributed by atoms with van der Waals surface area (Å²) >= 11 is 0. The lowest BCUT2D eigenvalue weighted by atomic mass is 9.69. The van der Waals surface area contributed by atoms with Crippen molar-refractivity contribution in [2.75, 3.05) is 20.2 Å². The molecule has 0 aromatic rings. The molecule has 35 heavy (non-hydrogen) atoms. The van der Waals surface area contributed by atoms with E-state index in [1.54, 1.807) is 27.9 Å². The van der Waals surface area contributed by atoms with Crippen LogP contribution in [0.5, 0.6) is 0 Å². The van der Waals surface area contributed by atoms with Crippen molar-refractivity contribution >= 4 is 23.6 Å². The molecule has 0 unspecified atom stereocenters. The molecule has 9 nitrogen and oxygen atoms in total. The van der Waals surface area contributed by atoms with Gasteiger partial charge in [-0.05, 0) is 45.4 Å². The van der Waals surface area contributed by atoms with Gasteiger partial charge in [0.05, 0.1) is 12.1 Å². The number of esters is 1. The normalized spacial score (nSPS) is 45.3. The minimum Gasteiger partial charge on any atom is -0.457 e. The highest BCUT2D eigenvalue weighted by Crippen LogP contribution is 2.49. The number of amides is 1. The van der Waals surface area contributed by atoms with Crippen LogP contribution in [-0.4, -0.2) is 76.8 Å². The van der Waals surface area contributed by atoms with Gasteiger partial charge in [0.15, 0.2) is 11.3 Å². The highest BCUT2D eigenvalue weighted by atomic mass is 16.6. The topological polar surface area (TPSA) is 115 Å². The minimum absolute atomic E-state index is 0.119. The van der Waals surface area contributed by atoms with E-state index in [4.69, 9.17) is 19.2 Å². The van der Waals surface area contributed by atoms with Gasteiger partial charge in [-0.3, -0.25) is 19.5 Å². The van der Waals surface area contributed by atoms with Gasteiger partial charge in [-0.15, -0.1) is 0 Å². The Hall–Kier alpha value is -2.00. The van der Waals surface area contributed by atoms with E-state index in [-0.39, 0.29) is 30.6 Å². The lowest BCUT2D eigenvalue weighted by Crippen LogP contribution is -2.67. The number of Topliss-reactive ketones (excluding diaryl/α,β-unsaturated/α-hetero) is 1. The molecule has 198 valence electrons. The third-order valence-corrected chi connectivity index (χ3v) is 9.20. The molecule has 0 spiro atoms. The first-order chi connectivity index (χ1) is 16.2. The molecule has 1 N–H and O–H groups in total. The van der Waals surface area contributed by atoms with Gasteiger partial charge in [0.1, 0.15) is 17.8 Å². The number of methoxy groups -OCH3 is 1. The standard InChI is InChI=1S/C26H42N2O7/c1-10-19-25(8)26(32)18(6)20(27-11-12-28(26)23(31)35-25)14(2)13-24(7,33-9)17(5)15(3)21(29)16(4)22(30)34-19/h14-19,32H,10-13H2,1-9H3/t14-,15-,16-,17-,18+,19-,24-,25-,26+/m1/s1. The summed E-state index contributed by atoms with van der Waals surface area (Å²) in [7, 11) is 1.63. The van der Waals surface area contributed by atoms with E-state index in [0.717, 1.165) is 5.71 Å². The number of rotatable bonds is 2. The summed E-state index contributed by atoms with van der Waals surface area (Å²) in [5.41, 5.74) is -3.31. The molecule has 2 fully saturated rings. The van der Waals surface area contributed by atoms with Crippen LogP contribution in [0, 0.1) is 29.6 Å². The molecule has 3 aliphatic heterocycles. The summed E-state index contributed by atoms with van der Waals surface area (Å²) < 4.78 is 17.6. The van der Waals surface area contributed by atoms with Gasteiger partial charge in [-0.1, -0.05) is 34.6 Å². The summed E-state index contributed by atoms with van der Waals surface area (Å²) in [6.07, 6.45) is -0.794. The molecule has 9 heteroatoms. The molecular weight excluding hydrogens is 452 g/mol. The lowest BCUT2D eigenvalue weighted by molar-refractivity contribution is -0.218. The smallest absolute Gasteiger partial charge is 0.413 e. The number of cyclic esters (lactones) is 1. The monoisotopic (exact) mass is 494 g/mol. The summed E-state index contributed by atoms with van der Waals surface area (Å²) in [5.74, 6) is -3.32. The first-order valence-corrected chi connectivity index (χ1v) is 12.8. The lowest BCUT2D eigenvalue weighted by Gasteiger charge is -2.47. The van der Waals surface area contributed by atoms with Crippen molar-refractivity contribution in [3.63, 3.8) is 0 Å². The first kappa shape index (κ1) is 27.6. The number of hydrogen-bond acceptors (Lipinski definition) is 8. The molecule has 0 radical (unpaired) electrons. The van der Waals surface area contributed by atoms with Crippen LogP contribution in [0.1, 0.15) is 68.2 Å². The zero-order chi connectivity index (χ0) is 26.5. The predicted octanol–water partition coefficient (Wildman–Crippen LogP) is 3.22. The summed E-state index contributed by atoms with van der Waals surface area (Å²) in [6.45, 7) is 15.1. The van der Waals surface area contributed by atoms with Gasteiger partial charge in [-0.25, -0.2) is 4.79 Å². The fraction of sp³-hybridized carbons (Fsp3) is 0.846. The Bertz CT molecular complexity index is 906. The molecule has 0 aromatic heterocycles. The zero-order valence-electron chi connectivity index (χ0n) is 22.6. The maximum Gasteiger partial charge on any atom is 0.413 e. The molecular formula is C26H42N2O7. The van der Waals surface area contributed by atoms with Crippen LogP contribution >= 0.6 is 0 Å². The van der Waals surface area contributed by atoms with Gasteiger partial charge in [-0.2, -0.15) is 0 Å². The molecule has 2 bridgehead atoms. The summed E-state index contributed by atoms with van der Waals surface area (Å²) in [5, 5.41) is 12.3. The van der Waals surface area contributed by atoms with Gasteiger partial charge in [0, 0.05) is 31.2 Å². The van der Waals surface area contributed by atoms with Crippen LogP contribution in [0.2, 0.25) is 0 Å². The predicted molar refractivity (Wildman–Crippen MR) is 130 cm³/mol. The highest BCUT2D eigenvalue weighted by Gasteiger charge is 2.70. The van der Waals surface area contributed by atoms with Crippen molar-refractivity contribution in [2.45, 2.75) is 91.3 Å². The van der Waals surface area contributed by atoms with Crippen molar-refractivity contribution < 1.29 is 33.7 Å². The van der Waals surface area contributed by atoms with Crippen LogP contribution in [0.4, 0.5) is 4.79 Å². The van der Waals surface area contributed by atoms with E-state index >= 15 is 0 Å². The number of carbonyl (C=O) groups is 3. The molecule has 3 rings (SSSR count). The highest BCUT2D eigenvalue weighted by molar-refractivity contribution is 6.00. The second-order valence-corrected chi connectivity index (χ2v) is 11.0. The van der Waals surface area contributed by atoms with Crippen molar-refractivity contribution in [2.24, 2.45) is 34.6 Å². The van der Waals surface area contributed by atoms with E-state index in [2.05, 4.69) is 0 Å². The average molecular weight is 495 g/mol. The maximum atomic E-state index is 13.4. The third kappa shape index (κ3) is 4.08. The molecule has 0 aliphatic carbocycles. The fourth-order valence-corrected chi connectivity index (χ4v) is 6.43.